The number of carbonyl (C=O) groups is 1. The van der Waals surface area contributed by atoms with Crippen LogP contribution in [0.2, 0.25) is 0 Å². The average molecular weight is 390 g/mol. The van der Waals surface area contributed by atoms with Crippen molar-refractivity contribution in [1.29, 1.82) is 0 Å². The highest BCUT2D eigenvalue weighted by Crippen LogP contribution is 2.38. The summed E-state index contributed by atoms with van der Waals surface area (Å²) in [4.78, 5) is 12.2. The molecule has 1 N–H and O–H groups in total. The van der Waals surface area contributed by atoms with Crippen molar-refractivity contribution >= 4 is 17.2 Å². The molecule has 1 aromatic carbocycles. The van der Waals surface area contributed by atoms with Gasteiger partial charge in [0.2, 0.25) is 11.7 Å². The lowest BCUT2D eigenvalue weighted by atomic mass is 9.92. The van der Waals surface area contributed by atoms with Crippen molar-refractivity contribution in [2.75, 3.05) is 14.2 Å². The van der Waals surface area contributed by atoms with E-state index in [1.165, 1.54) is 5.56 Å². The molecule has 3 rings (SSSR count). The first-order valence-electron chi connectivity index (χ1n) is 9.37. The van der Waals surface area contributed by atoms with Crippen LogP contribution in [0.25, 0.3) is 0 Å². The molecule has 1 heterocycles. The number of amides is 1. The number of ether oxygens (including phenoxy) is 3. The number of hydrogen-bond donors (Lipinski definition) is 1. The number of benzene rings is 1. The number of carbonyl (C=O) groups excluding carboxylic acids is 1. The molecule has 1 amide bonds. The lowest BCUT2D eigenvalue weighted by Gasteiger charge is -2.30. The lowest BCUT2D eigenvalue weighted by molar-refractivity contribution is -0.122. The van der Waals surface area contributed by atoms with E-state index in [2.05, 4.69) is 16.8 Å². The fourth-order valence-electron chi connectivity index (χ4n) is 3.45. The molecule has 1 aliphatic rings. The Labute approximate surface area is 164 Å². The van der Waals surface area contributed by atoms with Crippen LogP contribution in [-0.2, 0) is 11.2 Å². The number of rotatable bonds is 8. The van der Waals surface area contributed by atoms with Gasteiger partial charge in [-0.3, -0.25) is 4.79 Å². The first kappa shape index (κ1) is 19.5. The van der Waals surface area contributed by atoms with Crippen molar-refractivity contribution in [3.05, 3.63) is 40.6 Å². The Kier molecular flexibility index (Phi) is 6.98. The molecule has 6 heteroatoms. The van der Waals surface area contributed by atoms with Crippen LogP contribution in [0.5, 0.6) is 17.2 Å². The molecule has 0 aliphatic heterocycles. The molecule has 5 nitrogen and oxygen atoms in total. The van der Waals surface area contributed by atoms with E-state index in [9.17, 15) is 4.79 Å². The maximum absolute atomic E-state index is 12.2. The number of para-hydroxylation sites is 1. The van der Waals surface area contributed by atoms with Crippen molar-refractivity contribution < 1.29 is 19.0 Å². The second kappa shape index (κ2) is 9.65. The molecule has 0 bridgehead atoms. The molecule has 1 saturated carbocycles. The minimum absolute atomic E-state index is 0.130. The monoisotopic (exact) mass is 389 g/mol. The van der Waals surface area contributed by atoms with Gasteiger partial charge in [-0.25, -0.2) is 0 Å². The predicted octanol–water partition coefficient (Wildman–Crippen LogP) is 4.20. The summed E-state index contributed by atoms with van der Waals surface area (Å²) in [6, 6.07) is 7.98. The molecule has 1 fully saturated rings. The molecule has 146 valence electrons. The fraction of sp³-hybridized carbons (Fsp3) is 0.476. The van der Waals surface area contributed by atoms with Gasteiger partial charge in [0.25, 0.3) is 0 Å². The standard InChI is InChI=1S/C21H27NO4S/c1-24-18-4-3-5-19(21(18)25-2)26-17-9-7-16(8-10-17)22-20(23)11-6-15-12-13-27-14-15/h3-5,12-14,16-17H,6-11H2,1-2H3,(H,22,23). The van der Waals surface area contributed by atoms with E-state index in [-0.39, 0.29) is 18.1 Å². The molecular formula is C21H27NO4S. The van der Waals surface area contributed by atoms with Gasteiger partial charge in [0, 0.05) is 12.5 Å². The summed E-state index contributed by atoms with van der Waals surface area (Å²) in [6.07, 6.45) is 5.18. The zero-order chi connectivity index (χ0) is 19.1. The van der Waals surface area contributed by atoms with E-state index in [0.717, 1.165) is 32.1 Å². The molecule has 27 heavy (non-hydrogen) atoms. The summed E-state index contributed by atoms with van der Waals surface area (Å²) >= 11 is 1.67. The van der Waals surface area contributed by atoms with Crippen molar-refractivity contribution in [3.8, 4) is 17.2 Å². The van der Waals surface area contributed by atoms with Gasteiger partial charge < -0.3 is 19.5 Å². The Morgan fingerprint density at radius 2 is 1.89 bits per heavy atom. The Morgan fingerprint density at radius 3 is 2.56 bits per heavy atom. The van der Waals surface area contributed by atoms with E-state index in [1.807, 2.05) is 23.6 Å². The molecule has 2 aromatic rings. The van der Waals surface area contributed by atoms with Crippen molar-refractivity contribution in [2.45, 2.75) is 50.7 Å². The van der Waals surface area contributed by atoms with E-state index < -0.39 is 0 Å². The molecule has 0 unspecified atom stereocenters. The van der Waals surface area contributed by atoms with Crippen LogP contribution in [0.3, 0.4) is 0 Å². The number of nitrogens with one attached hydrogen (secondary N) is 1. The van der Waals surface area contributed by atoms with Gasteiger partial charge in [-0.05, 0) is 66.6 Å². The zero-order valence-corrected chi connectivity index (χ0v) is 16.7. The summed E-state index contributed by atoms with van der Waals surface area (Å²) < 4.78 is 16.9. The highest BCUT2D eigenvalue weighted by molar-refractivity contribution is 7.07. The fourth-order valence-corrected chi connectivity index (χ4v) is 4.15. The lowest BCUT2D eigenvalue weighted by Crippen LogP contribution is -2.39. The van der Waals surface area contributed by atoms with Gasteiger partial charge in [-0.2, -0.15) is 11.3 Å². The summed E-state index contributed by atoms with van der Waals surface area (Å²) in [6.45, 7) is 0. The summed E-state index contributed by atoms with van der Waals surface area (Å²) in [5.41, 5.74) is 1.24. The van der Waals surface area contributed by atoms with Gasteiger partial charge in [-0.1, -0.05) is 6.07 Å². The molecule has 0 radical (unpaired) electrons. The van der Waals surface area contributed by atoms with Crippen LogP contribution < -0.4 is 19.5 Å². The van der Waals surface area contributed by atoms with Crippen LogP contribution in [0.1, 0.15) is 37.7 Å². The largest absolute Gasteiger partial charge is 0.493 e. The minimum atomic E-state index is 0.130. The second-order valence-electron chi connectivity index (χ2n) is 6.78. The Bertz CT molecular complexity index is 724. The van der Waals surface area contributed by atoms with Gasteiger partial charge in [0.05, 0.1) is 20.3 Å². The summed E-state index contributed by atoms with van der Waals surface area (Å²) in [7, 11) is 3.24. The highest BCUT2D eigenvalue weighted by atomic mass is 32.1. The van der Waals surface area contributed by atoms with Gasteiger partial charge in [0.15, 0.2) is 11.5 Å². The van der Waals surface area contributed by atoms with Crippen molar-refractivity contribution in [2.24, 2.45) is 0 Å². The average Bonchev–Trinajstić information content (AvgIpc) is 3.21. The van der Waals surface area contributed by atoms with E-state index in [1.54, 1.807) is 25.6 Å². The maximum Gasteiger partial charge on any atom is 0.220 e. The van der Waals surface area contributed by atoms with Gasteiger partial charge in [0.1, 0.15) is 0 Å². The summed E-state index contributed by atoms with van der Waals surface area (Å²) in [5, 5.41) is 7.32. The third-order valence-corrected chi connectivity index (χ3v) is 5.65. The maximum atomic E-state index is 12.2. The number of aryl methyl sites for hydroxylation is 1. The second-order valence-corrected chi connectivity index (χ2v) is 7.56. The van der Waals surface area contributed by atoms with Crippen molar-refractivity contribution in [3.63, 3.8) is 0 Å². The topological polar surface area (TPSA) is 56.8 Å². The Hall–Kier alpha value is -2.21. The molecule has 0 atom stereocenters. The number of thiophene rings is 1. The predicted molar refractivity (Wildman–Crippen MR) is 107 cm³/mol. The SMILES string of the molecule is COc1cccc(OC2CCC(NC(=O)CCc3ccsc3)CC2)c1OC. The van der Waals surface area contributed by atoms with Crippen LogP contribution in [0.15, 0.2) is 35.0 Å². The number of methoxy groups -OCH3 is 2. The first-order chi connectivity index (χ1) is 13.2. The molecule has 0 saturated heterocycles. The smallest absolute Gasteiger partial charge is 0.220 e. The third-order valence-electron chi connectivity index (χ3n) is 4.92. The quantitative estimate of drug-likeness (QED) is 0.735. The Morgan fingerprint density at radius 1 is 1.11 bits per heavy atom. The van der Waals surface area contributed by atoms with Crippen molar-refractivity contribution in [1.82, 2.24) is 5.32 Å². The zero-order valence-electron chi connectivity index (χ0n) is 15.9. The molecule has 0 spiro atoms. The van der Waals surface area contributed by atoms with Gasteiger partial charge >= 0.3 is 0 Å². The first-order valence-corrected chi connectivity index (χ1v) is 10.3. The van der Waals surface area contributed by atoms with E-state index in [4.69, 9.17) is 14.2 Å². The molecule has 1 aromatic heterocycles. The van der Waals surface area contributed by atoms with Crippen LogP contribution in [0.4, 0.5) is 0 Å². The summed E-state index contributed by atoms with van der Waals surface area (Å²) in [5.74, 6) is 2.14. The van der Waals surface area contributed by atoms with Crippen LogP contribution in [-0.4, -0.2) is 32.3 Å². The van der Waals surface area contributed by atoms with Crippen LogP contribution >= 0.6 is 11.3 Å². The Balaban J connectivity index is 1.44. The molecular weight excluding hydrogens is 362 g/mol. The number of hydrogen-bond acceptors (Lipinski definition) is 5. The van der Waals surface area contributed by atoms with Gasteiger partial charge in [-0.15, -0.1) is 0 Å². The third kappa shape index (κ3) is 5.39. The minimum Gasteiger partial charge on any atom is -0.493 e. The normalized spacial score (nSPS) is 19.3. The highest BCUT2D eigenvalue weighted by Gasteiger charge is 2.25. The molecule has 1 aliphatic carbocycles. The van der Waals surface area contributed by atoms with E-state index in [0.29, 0.717) is 23.7 Å². The van der Waals surface area contributed by atoms with Crippen LogP contribution in [0, 0.1) is 0 Å². The van der Waals surface area contributed by atoms with E-state index >= 15 is 0 Å².